The number of amides is 2. The fourth-order valence-corrected chi connectivity index (χ4v) is 2.76. The molecule has 0 bridgehead atoms. The Morgan fingerprint density at radius 2 is 2.11 bits per heavy atom. The van der Waals surface area contributed by atoms with Crippen molar-refractivity contribution >= 4 is 39.3 Å². The Morgan fingerprint density at radius 3 is 2.63 bits per heavy atom. The quantitative estimate of drug-likeness (QED) is 0.803. The van der Waals surface area contributed by atoms with Crippen LogP contribution in [-0.4, -0.2) is 25.7 Å². The summed E-state index contributed by atoms with van der Waals surface area (Å²) < 4.78 is 5.65. The number of hydrogen-bond acceptors (Lipinski definition) is 4. The number of esters is 1. The molecule has 0 aliphatic heterocycles. The zero-order valence-electron chi connectivity index (χ0n) is 11.1. The van der Waals surface area contributed by atoms with Crippen LogP contribution in [0.4, 0.5) is 4.79 Å². The summed E-state index contributed by atoms with van der Waals surface area (Å²) in [4.78, 5) is 24.1. The summed E-state index contributed by atoms with van der Waals surface area (Å²) >= 11 is 4.95. The van der Waals surface area contributed by atoms with Crippen LogP contribution in [0.2, 0.25) is 0 Å². The molecule has 2 amide bonds. The molecule has 0 saturated carbocycles. The van der Waals surface area contributed by atoms with Gasteiger partial charge in [-0.1, -0.05) is 0 Å². The summed E-state index contributed by atoms with van der Waals surface area (Å²) in [6.45, 7) is 4.10. The maximum atomic E-state index is 11.6. The van der Waals surface area contributed by atoms with Gasteiger partial charge in [0.05, 0.1) is 19.1 Å². The standard InChI is InChI=1S/C12H17BrN2O3S/c1-12(2,10(16)18-3)7-15-11(17)14-6-9-8(13)4-5-19-9/h4-5H,6-7H2,1-3H3,(H2,14,15,17). The number of hydrogen-bond donors (Lipinski definition) is 2. The zero-order valence-corrected chi connectivity index (χ0v) is 13.5. The number of methoxy groups -OCH3 is 1. The number of urea groups is 1. The highest BCUT2D eigenvalue weighted by Crippen LogP contribution is 2.22. The third-order valence-corrected chi connectivity index (χ3v) is 4.46. The van der Waals surface area contributed by atoms with Gasteiger partial charge < -0.3 is 15.4 Å². The van der Waals surface area contributed by atoms with Gasteiger partial charge in [-0.25, -0.2) is 4.79 Å². The second-order valence-corrected chi connectivity index (χ2v) is 6.46. The molecule has 0 atom stereocenters. The third-order valence-electron chi connectivity index (χ3n) is 2.53. The molecule has 0 saturated heterocycles. The minimum atomic E-state index is -0.740. The summed E-state index contributed by atoms with van der Waals surface area (Å²) in [5.74, 6) is -0.353. The monoisotopic (exact) mass is 348 g/mol. The molecule has 7 heteroatoms. The minimum Gasteiger partial charge on any atom is -0.469 e. The topological polar surface area (TPSA) is 67.4 Å². The number of rotatable bonds is 5. The lowest BCUT2D eigenvalue weighted by molar-refractivity contribution is -0.150. The van der Waals surface area contributed by atoms with Crippen molar-refractivity contribution in [3.05, 3.63) is 20.8 Å². The maximum absolute atomic E-state index is 11.6. The van der Waals surface area contributed by atoms with Crippen LogP contribution in [0.25, 0.3) is 0 Å². The van der Waals surface area contributed by atoms with Gasteiger partial charge in [-0.05, 0) is 41.2 Å². The van der Waals surface area contributed by atoms with E-state index < -0.39 is 5.41 Å². The fraction of sp³-hybridized carbons (Fsp3) is 0.500. The molecule has 1 aromatic heterocycles. The van der Waals surface area contributed by atoms with Crippen LogP contribution in [0.3, 0.4) is 0 Å². The van der Waals surface area contributed by atoms with E-state index in [9.17, 15) is 9.59 Å². The van der Waals surface area contributed by atoms with Gasteiger partial charge in [0.1, 0.15) is 0 Å². The molecule has 0 fully saturated rings. The molecule has 0 radical (unpaired) electrons. The van der Waals surface area contributed by atoms with Gasteiger partial charge in [-0.2, -0.15) is 0 Å². The number of thiophene rings is 1. The summed E-state index contributed by atoms with van der Waals surface area (Å²) in [6, 6.07) is 1.62. The second-order valence-electron chi connectivity index (χ2n) is 4.60. The van der Waals surface area contributed by atoms with E-state index in [0.29, 0.717) is 6.54 Å². The van der Waals surface area contributed by atoms with Crippen molar-refractivity contribution in [3.8, 4) is 0 Å². The molecule has 1 aromatic rings. The van der Waals surface area contributed by atoms with Crippen molar-refractivity contribution < 1.29 is 14.3 Å². The predicted octanol–water partition coefficient (Wildman–Crippen LogP) is 2.51. The predicted molar refractivity (Wildman–Crippen MR) is 78.1 cm³/mol. The summed E-state index contributed by atoms with van der Waals surface area (Å²) in [6.07, 6.45) is 0. The Balaban J connectivity index is 2.36. The van der Waals surface area contributed by atoms with Gasteiger partial charge in [0.15, 0.2) is 0 Å². The Hall–Kier alpha value is -1.08. The Bertz CT molecular complexity index is 460. The average molecular weight is 349 g/mol. The Kier molecular flexibility index (Phi) is 5.81. The van der Waals surface area contributed by atoms with E-state index >= 15 is 0 Å². The van der Waals surface area contributed by atoms with E-state index in [0.717, 1.165) is 9.35 Å². The largest absolute Gasteiger partial charge is 0.469 e. The van der Waals surface area contributed by atoms with Gasteiger partial charge in [0.25, 0.3) is 0 Å². The van der Waals surface area contributed by atoms with Crippen LogP contribution < -0.4 is 10.6 Å². The molecule has 0 unspecified atom stereocenters. The van der Waals surface area contributed by atoms with Gasteiger partial charge in [0, 0.05) is 15.9 Å². The lowest BCUT2D eigenvalue weighted by Gasteiger charge is -2.21. The first kappa shape index (κ1) is 16.0. The highest BCUT2D eigenvalue weighted by molar-refractivity contribution is 9.10. The van der Waals surface area contributed by atoms with Crippen molar-refractivity contribution in [1.29, 1.82) is 0 Å². The van der Waals surface area contributed by atoms with Gasteiger partial charge in [-0.15, -0.1) is 11.3 Å². The summed E-state index contributed by atoms with van der Waals surface area (Å²) in [5.41, 5.74) is -0.740. The van der Waals surface area contributed by atoms with Crippen molar-refractivity contribution in [1.82, 2.24) is 10.6 Å². The molecule has 0 aromatic carbocycles. The van der Waals surface area contributed by atoms with Gasteiger partial charge >= 0.3 is 12.0 Å². The Labute approximate surface area is 124 Å². The van der Waals surface area contributed by atoms with Gasteiger partial charge in [-0.3, -0.25) is 4.79 Å². The summed E-state index contributed by atoms with van der Waals surface area (Å²) in [7, 11) is 1.33. The average Bonchev–Trinajstić information content (AvgIpc) is 2.78. The number of nitrogens with one attached hydrogen (secondary N) is 2. The first-order valence-corrected chi connectivity index (χ1v) is 7.36. The number of halogens is 1. The van der Waals surface area contributed by atoms with E-state index in [2.05, 4.69) is 31.3 Å². The summed E-state index contributed by atoms with van der Waals surface area (Å²) in [5, 5.41) is 7.34. The van der Waals surface area contributed by atoms with Crippen LogP contribution in [0.15, 0.2) is 15.9 Å². The van der Waals surface area contributed by atoms with Crippen LogP contribution >= 0.6 is 27.3 Å². The van der Waals surface area contributed by atoms with Crippen molar-refractivity contribution in [2.24, 2.45) is 5.41 Å². The number of carbonyl (C=O) groups excluding carboxylic acids is 2. The van der Waals surface area contributed by atoms with E-state index in [1.54, 1.807) is 25.2 Å². The first-order valence-electron chi connectivity index (χ1n) is 5.69. The molecular weight excluding hydrogens is 332 g/mol. The fourth-order valence-electron chi connectivity index (χ4n) is 1.32. The van der Waals surface area contributed by atoms with Crippen LogP contribution in [0.5, 0.6) is 0 Å². The second kappa shape index (κ2) is 6.91. The van der Waals surface area contributed by atoms with Crippen molar-refractivity contribution in [2.75, 3.05) is 13.7 Å². The molecular formula is C12H17BrN2O3S. The third kappa shape index (κ3) is 4.83. The van der Waals surface area contributed by atoms with Crippen molar-refractivity contribution in [2.45, 2.75) is 20.4 Å². The first-order chi connectivity index (χ1) is 8.86. The highest BCUT2D eigenvalue weighted by atomic mass is 79.9. The maximum Gasteiger partial charge on any atom is 0.315 e. The highest BCUT2D eigenvalue weighted by Gasteiger charge is 2.29. The molecule has 2 N–H and O–H groups in total. The molecule has 0 aliphatic rings. The smallest absolute Gasteiger partial charge is 0.315 e. The molecule has 5 nitrogen and oxygen atoms in total. The van der Waals surface area contributed by atoms with Crippen LogP contribution in [0, 0.1) is 5.41 Å². The van der Waals surface area contributed by atoms with Crippen LogP contribution in [-0.2, 0) is 16.1 Å². The molecule has 0 aliphatic carbocycles. The van der Waals surface area contributed by atoms with E-state index in [4.69, 9.17) is 0 Å². The van der Waals surface area contributed by atoms with Gasteiger partial charge in [0.2, 0.25) is 0 Å². The minimum absolute atomic E-state index is 0.219. The lowest BCUT2D eigenvalue weighted by Crippen LogP contribution is -2.43. The zero-order chi connectivity index (χ0) is 14.5. The number of carbonyl (C=O) groups is 2. The molecule has 106 valence electrons. The molecule has 1 heterocycles. The molecule has 1 rings (SSSR count). The van der Waals surface area contributed by atoms with E-state index in [-0.39, 0.29) is 18.5 Å². The SMILES string of the molecule is COC(=O)C(C)(C)CNC(=O)NCc1sccc1Br. The molecule has 0 spiro atoms. The number of ether oxygens (including phenoxy) is 1. The molecule has 19 heavy (non-hydrogen) atoms. The van der Waals surface area contributed by atoms with E-state index in [1.165, 1.54) is 7.11 Å². The normalized spacial score (nSPS) is 10.9. The Morgan fingerprint density at radius 1 is 1.42 bits per heavy atom. The van der Waals surface area contributed by atoms with Crippen LogP contribution in [0.1, 0.15) is 18.7 Å². The van der Waals surface area contributed by atoms with Crippen molar-refractivity contribution in [3.63, 3.8) is 0 Å². The lowest BCUT2D eigenvalue weighted by atomic mass is 9.94. The van der Waals surface area contributed by atoms with E-state index in [1.807, 2.05) is 11.4 Å².